The first-order chi connectivity index (χ1) is 8.10. The van der Waals surface area contributed by atoms with Gasteiger partial charge >= 0.3 is 6.03 Å². The second-order valence-corrected chi connectivity index (χ2v) is 5.55. The molecule has 0 aromatic heterocycles. The van der Waals surface area contributed by atoms with Gasteiger partial charge in [0.25, 0.3) is 0 Å². The minimum atomic E-state index is -0.454. The molecule has 2 N–H and O–H groups in total. The molecule has 0 aromatic carbocycles. The summed E-state index contributed by atoms with van der Waals surface area (Å²) in [5.41, 5.74) is 0. The highest BCUT2D eigenvalue weighted by Gasteiger charge is 2.42. The quantitative estimate of drug-likeness (QED) is 0.760. The molecular formula is C12H19ClN2O2. The van der Waals surface area contributed by atoms with Crippen LogP contribution in [0.2, 0.25) is 0 Å². The average molecular weight is 259 g/mol. The maximum absolute atomic E-state index is 11.5. The molecule has 2 bridgehead atoms. The second kappa shape index (κ2) is 5.25. The van der Waals surface area contributed by atoms with Crippen molar-refractivity contribution in [1.29, 1.82) is 0 Å². The maximum atomic E-state index is 11.5. The molecule has 96 valence electrons. The lowest BCUT2D eigenvalue weighted by Gasteiger charge is -2.28. The highest BCUT2D eigenvalue weighted by molar-refractivity contribution is 6.28. The van der Waals surface area contributed by atoms with E-state index in [4.69, 9.17) is 11.6 Å². The molecule has 2 saturated carbocycles. The van der Waals surface area contributed by atoms with Gasteiger partial charge in [0, 0.05) is 6.04 Å². The SMILES string of the molecule is CC(NC(=O)NC(=O)CCl)C1CC2CCC1C2. The van der Waals surface area contributed by atoms with Crippen LogP contribution >= 0.6 is 11.6 Å². The molecule has 5 heteroatoms. The summed E-state index contributed by atoms with van der Waals surface area (Å²) < 4.78 is 0. The highest BCUT2D eigenvalue weighted by Crippen LogP contribution is 2.49. The third-order valence-electron chi connectivity index (χ3n) is 4.17. The first kappa shape index (κ1) is 12.7. The smallest absolute Gasteiger partial charge is 0.321 e. The predicted molar refractivity (Wildman–Crippen MR) is 65.8 cm³/mol. The van der Waals surface area contributed by atoms with Crippen LogP contribution in [0.4, 0.5) is 4.79 Å². The first-order valence-corrected chi connectivity index (χ1v) is 6.80. The zero-order chi connectivity index (χ0) is 12.4. The Kier molecular flexibility index (Phi) is 3.92. The van der Waals surface area contributed by atoms with E-state index in [1.54, 1.807) is 0 Å². The monoisotopic (exact) mass is 258 g/mol. The van der Waals surface area contributed by atoms with Crippen molar-refractivity contribution < 1.29 is 9.59 Å². The largest absolute Gasteiger partial charge is 0.335 e. The summed E-state index contributed by atoms with van der Waals surface area (Å²) in [6.07, 6.45) is 5.18. The van der Waals surface area contributed by atoms with E-state index in [1.807, 2.05) is 6.92 Å². The zero-order valence-corrected chi connectivity index (χ0v) is 10.8. The van der Waals surface area contributed by atoms with Gasteiger partial charge in [-0.15, -0.1) is 11.6 Å². The average Bonchev–Trinajstić information content (AvgIpc) is 2.90. The summed E-state index contributed by atoms with van der Waals surface area (Å²) >= 11 is 5.32. The maximum Gasteiger partial charge on any atom is 0.321 e. The minimum absolute atomic E-state index is 0.133. The molecule has 0 aliphatic heterocycles. The third-order valence-corrected chi connectivity index (χ3v) is 4.41. The standard InChI is InChI=1S/C12H19ClN2O2/c1-7(14-12(17)15-11(16)6-13)10-5-8-2-3-9(10)4-8/h7-10H,2-6H2,1H3,(H2,14,15,16,17). The Morgan fingerprint density at radius 2 is 2.12 bits per heavy atom. The van der Waals surface area contributed by atoms with E-state index in [-0.39, 0.29) is 11.9 Å². The number of urea groups is 1. The van der Waals surface area contributed by atoms with E-state index in [2.05, 4.69) is 10.6 Å². The predicted octanol–water partition coefficient (Wildman–Crippen LogP) is 1.88. The summed E-state index contributed by atoms with van der Waals surface area (Å²) in [5.74, 6) is 1.56. The minimum Gasteiger partial charge on any atom is -0.335 e. The van der Waals surface area contributed by atoms with Gasteiger partial charge in [-0.3, -0.25) is 10.1 Å². The third kappa shape index (κ3) is 2.92. The number of hydrogen-bond acceptors (Lipinski definition) is 2. The Morgan fingerprint density at radius 1 is 1.35 bits per heavy atom. The van der Waals surface area contributed by atoms with Crippen LogP contribution in [0.25, 0.3) is 0 Å². The van der Waals surface area contributed by atoms with E-state index in [0.717, 1.165) is 11.8 Å². The fraction of sp³-hybridized carbons (Fsp3) is 0.833. The molecule has 2 rings (SSSR count). The number of fused-ring (bicyclic) bond motifs is 2. The molecule has 0 heterocycles. The molecule has 2 aliphatic rings. The summed E-state index contributed by atoms with van der Waals surface area (Å²) in [6.45, 7) is 2.02. The van der Waals surface area contributed by atoms with Crippen molar-refractivity contribution in [2.24, 2.45) is 17.8 Å². The lowest BCUT2D eigenvalue weighted by Crippen LogP contribution is -2.47. The van der Waals surface area contributed by atoms with Crippen molar-refractivity contribution in [3.05, 3.63) is 0 Å². The van der Waals surface area contributed by atoms with E-state index in [9.17, 15) is 9.59 Å². The lowest BCUT2D eigenvalue weighted by atomic mass is 9.84. The molecule has 17 heavy (non-hydrogen) atoms. The summed E-state index contributed by atoms with van der Waals surface area (Å²) in [4.78, 5) is 22.4. The van der Waals surface area contributed by atoms with Crippen LogP contribution < -0.4 is 10.6 Å². The van der Waals surface area contributed by atoms with Crippen molar-refractivity contribution in [2.45, 2.75) is 38.6 Å². The van der Waals surface area contributed by atoms with E-state index >= 15 is 0 Å². The van der Waals surface area contributed by atoms with E-state index < -0.39 is 11.9 Å². The molecule has 2 aliphatic carbocycles. The first-order valence-electron chi connectivity index (χ1n) is 6.26. The van der Waals surface area contributed by atoms with Crippen LogP contribution in [-0.2, 0) is 4.79 Å². The second-order valence-electron chi connectivity index (χ2n) is 5.28. The Morgan fingerprint density at radius 3 is 2.65 bits per heavy atom. The number of alkyl halides is 1. The van der Waals surface area contributed by atoms with Crippen molar-refractivity contribution in [2.75, 3.05) is 5.88 Å². The van der Waals surface area contributed by atoms with Gasteiger partial charge in [0.2, 0.25) is 5.91 Å². The molecule has 0 radical (unpaired) electrons. The van der Waals surface area contributed by atoms with Gasteiger partial charge in [-0.05, 0) is 43.9 Å². The van der Waals surface area contributed by atoms with Gasteiger partial charge in [-0.1, -0.05) is 6.42 Å². The fourth-order valence-corrected chi connectivity index (χ4v) is 3.48. The summed E-state index contributed by atoms with van der Waals surface area (Å²) in [5, 5.41) is 5.05. The van der Waals surface area contributed by atoms with Gasteiger partial charge in [0.05, 0.1) is 0 Å². The van der Waals surface area contributed by atoms with Gasteiger partial charge in [0.1, 0.15) is 5.88 Å². The molecule has 0 aromatic rings. The van der Waals surface area contributed by atoms with Gasteiger partial charge < -0.3 is 5.32 Å². The van der Waals surface area contributed by atoms with E-state index in [1.165, 1.54) is 25.7 Å². The Balaban J connectivity index is 1.79. The van der Waals surface area contributed by atoms with Crippen molar-refractivity contribution >= 4 is 23.5 Å². The molecule has 4 atom stereocenters. The molecule has 4 unspecified atom stereocenters. The molecular weight excluding hydrogens is 240 g/mol. The highest BCUT2D eigenvalue weighted by atomic mass is 35.5. The van der Waals surface area contributed by atoms with Crippen molar-refractivity contribution in [3.8, 4) is 0 Å². The molecule has 3 amide bonds. The van der Waals surface area contributed by atoms with Crippen LogP contribution in [0.15, 0.2) is 0 Å². The Hall–Kier alpha value is -0.770. The number of rotatable bonds is 3. The molecule has 0 spiro atoms. The van der Waals surface area contributed by atoms with Gasteiger partial charge in [0.15, 0.2) is 0 Å². The topological polar surface area (TPSA) is 58.2 Å². The van der Waals surface area contributed by atoms with Crippen LogP contribution in [-0.4, -0.2) is 23.9 Å². The number of halogens is 1. The van der Waals surface area contributed by atoms with Crippen molar-refractivity contribution in [3.63, 3.8) is 0 Å². The van der Waals surface area contributed by atoms with Gasteiger partial charge in [-0.2, -0.15) is 0 Å². The Labute approximate surface area is 106 Å². The number of carbonyl (C=O) groups excluding carboxylic acids is 2. The van der Waals surface area contributed by atoms with Crippen LogP contribution in [0.5, 0.6) is 0 Å². The number of carbonyl (C=O) groups is 2. The van der Waals surface area contributed by atoms with Crippen LogP contribution in [0.1, 0.15) is 32.6 Å². The summed E-state index contributed by atoms with van der Waals surface area (Å²) in [6, 6.07) is -0.292. The fourth-order valence-electron chi connectivity index (χ4n) is 3.42. The number of imide groups is 1. The molecule has 2 fully saturated rings. The van der Waals surface area contributed by atoms with Crippen molar-refractivity contribution in [1.82, 2.24) is 10.6 Å². The normalized spacial score (nSPS) is 32.2. The van der Waals surface area contributed by atoms with E-state index in [0.29, 0.717) is 5.92 Å². The molecule has 4 nitrogen and oxygen atoms in total. The van der Waals surface area contributed by atoms with Gasteiger partial charge in [-0.25, -0.2) is 4.79 Å². The zero-order valence-electron chi connectivity index (χ0n) is 10.0. The number of amides is 3. The Bertz CT molecular complexity index is 322. The van der Waals surface area contributed by atoms with Crippen LogP contribution in [0.3, 0.4) is 0 Å². The summed E-state index contributed by atoms with van der Waals surface area (Å²) in [7, 11) is 0. The number of hydrogen-bond donors (Lipinski definition) is 2. The number of nitrogens with one attached hydrogen (secondary N) is 2. The van der Waals surface area contributed by atoms with Crippen LogP contribution in [0, 0.1) is 17.8 Å². The molecule has 0 saturated heterocycles. The lowest BCUT2D eigenvalue weighted by molar-refractivity contribution is -0.117.